The van der Waals surface area contributed by atoms with Crippen LogP contribution in [0, 0.1) is 0 Å². The highest BCUT2D eigenvalue weighted by molar-refractivity contribution is 7.09. The lowest BCUT2D eigenvalue weighted by Gasteiger charge is -2.23. The molecule has 2 aromatic rings. The third-order valence-electron chi connectivity index (χ3n) is 3.05. The van der Waals surface area contributed by atoms with E-state index in [1.165, 1.54) is 10.7 Å². The molecule has 0 radical (unpaired) electrons. The van der Waals surface area contributed by atoms with Crippen molar-refractivity contribution in [1.29, 1.82) is 0 Å². The Morgan fingerprint density at radius 1 is 1.59 bits per heavy atom. The Balaban J connectivity index is 1.96. The molecule has 0 aromatic carbocycles. The maximum atomic E-state index is 4.70. The molecular formula is C12H16N4S. The summed E-state index contributed by atoms with van der Waals surface area (Å²) in [6.07, 6.45) is 5.12. The van der Waals surface area contributed by atoms with E-state index in [-0.39, 0.29) is 0 Å². The van der Waals surface area contributed by atoms with E-state index in [1.807, 2.05) is 11.6 Å². The van der Waals surface area contributed by atoms with Gasteiger partial charge in [0, 0.05) is 24.2 Å². The summed E-state index contributed by atoms with van der Waals surface area (Å²) in [5.41, 5.74) is 1.18. The summed E-state index contributed by atoms with van der Waals surface area (Å²) in [7, 11) is 0. The average Bonchev–Trinajstić information content (AvgIpc) is 2.97. The molecule has 90 valence electrons. The van der Waals surface area contributed by atoms with E-state index in [0.717, 1.165) is 31.6 Å². The number of hydrogen-bond donors (Lipinski definition) is 1. The molecule has 3 rings (SSSR count). The van der Waals surface area contributed by atoms with Crippen molar-refractivity contribution in [1.82, 2.24) is 14.8 Å². The first-order chi connectivity index (χ1) is 8.38. The first-order valence-corrected chi connectivity index (χ1v) is 6.98. The van der Waals surface area contributed by atoms with Gasteiger partial charge in [0.05, 0.1) is 5.69 Å². The van der Waals surface area contributed by atoms with Gasteiger partial charge in [-0.1, -0.05) is 13.3 Å². The molecule has 1 unspecified atom stereocenters. The molecule has 0 saturated heterocycles. The van der Waals surface area contributed by atoms with Crippen LogP contribution in [-0.4, -0.2) is 21.3 Å². The molecule has 0 spiro atoms. The Hall–Kier alpha value is -1.36. The molecule has 0 fully saturated rings. The van der Waals surface area contributed by atoms with Gasteiger partial charge in [-0.3, -0.25) is 0 Å². The zero-order chi connectivity index (χ0) is 11.7. The predicted molar refractivity (Wildman–Crippen MR) is 69.6 cm³/mol. The Morgan fingerprint density at radius 3 is 3.29 bits per heavy atom. The number of nitrogens with one attached hydrogen (secondary N) is 1. The summed E-state index contributed by atoms with van der Waals surface area (Å²) in [4.78, 5) is 4.42. The zero-order valence-corrected chi connectivity index (χ0v) is 10.7. The first kappa shape index (κ1) is 10.8. The van der Waals surface area contributed by atoms with Gasteiger partial charge in [0.1, 0.15) is 16.9 Å². The first-order valence-electron chi connectivity index (χ1n) is 6.10. The van der Waals surface area contributed by atoms with Crippen LogP contribution < -0.4 is 5.32 Å². The van der Waals surface area contributed by atoms with Crippen LogP contribution in [0.15, 0.2) is 17.6 Å². The maximum Gasteiger partial charge on any atom is 0.125 e. The van der Waals surface area contributed by atoms with Gasteiger partial charge in [-0.15, -0.1) is 11.3 Å². The highest BCUT2D eigenvalue weighted by Gasteiger charge is 2.24. The van der Waals surface area contributed by atoms with Gasteiger partial charge in [-0.25, -0.2) is 9.67 Å². The number of anilines is 1. The number of hydrogen-bond acceptors (Lipinski definition) is 4. The van der Waals surface area contributed by atoms with Crippen molar-refractivity contribution >= 4 is 17.2 Å². The van der Waals surface area contributed by atoms with E-state index in [2.05, 4.69) is 28.0 Å². The molecule has 3 heterocycles. The predicted octanol–water partition coefficient (Wildman–Crippen LogP) is 2.70. The van der Waals surface area contributed by atoms with Crippen LogP contribution in [-0.2, 0) is 6.42 Å². The molecule has 0 aliphatic carbocycles. The van der Waals surface area contributed by atoms with Crippen molar-refractivity contribution in [2.45, 2.75) is 32.2 Å². The SMILES string of the molecule is CCCc1cc2n(n1)C(c1nccs1)CCN2. The molecule has 4 nitrogen and oxygen atoms in total. The van der Waals surface area contributed by atoms with Crippen molar-refractivity contribution in [3.8, 4) is 0 Å². The largest absolute Gasteiger partial charge is 0.370 e. The van der Waals surface area contributed by atoms with Crippen LogP contribution in [0.4, 0.5) is 5.82 Å². The number of nitrogens with zero attached hydrogens (tertiary/aromatic N) is 3. The minimum atomic E-state index is 0.317. The minimum Gasteiger partial charge on any atom is -0.370 e. The maximum absolute atomic E-state index is 4.70. The lowest BCUT2D eigenvalue weighted by atomic mass is 10.2. The monoisotopic (exact) mass is 248 g/mol. The topological polar surface area (TPSA) is 42.7 Å². The Morgan fingerprint density at radius 2 is 2.53 bits per heavy atom. The summed E-state index contributed by atoms with van der Waals surface area (Å²) < 4.78 is 2.10. The third-order valence-corrected chi connectivity index (χ3v) is 3.92. The van der Waals surface area contributed by atoms with Crippen molar-refractivity contribution in [3.63, 3.8) is 0 Å². The van der Waals surface area contributed by atoms with Gasteiger partial charge in [0.2, 0.25) is 0 Å². The second-order valence-electron chi connectivity index (χ2n) is 4.32. The number of rotatable bonds is 3. The fraction of sp³-hybridized carbons (Fsp3) is 0.500. The summed E-state index contributed by atoms with van der Waals surface area (Å²) in [5.74, 6) is 1.14. The van der Waals surface area contributed by atoms with Gasteiger partial charge >= 0.3 is 0 Å². The smallest absolute Gasteiger partial charge is 0.125 e. The standard InChI is InChI=1S/C12H16N4S/c1-2-3-9-8-11-13-5-4-10(16(11)15-9)12-14-6-7-17-12/h6-8,10,13H,2-5H2,1H3. The fourth-order valence-corrected chi connectivity index (χ4v) is 3.04. The quantitative estimate of drug-likeness (QED) is 0.908. The molecule has 1 N–H and O–H groups in total. The van der Waals surface area contributed by atoms with E-state index in [9.17, 15) is 0 Å². The van der Waals surface area contributed by atoms with Gasteiger partial charge < -0.3 is 5.32 Å². The second kappa shape index (κ2) is 4.49. The van der Waals surface area contributed by atoms with Gasteiger partial charge in [0.15, 0.2) is 0 Å². The number of thiazole rings is 1. The zero-order valence-electron chi connectivity index (χ0n) is 9.89. The van der Waals surface area contributed by atoms with Crippen molar-refractivity contribution in [2.75, 3.05) is 11.9 Å². The molecule has 5 heteroatoms. The molecule has 1 atom stereocenters. The van der Waals surface area contributed by atoms with Crippen LogP contribution in [0.1, 0.15) is 36.5 Å². The summed E-state index contributed by atoms with van der Waals surface area (Å²) in [5, 5.41) is 11.3. The van der Waals surface area contributed by atoms with Gasteiger partial charge in [-0.2, -0.15) is 5.10 Å². The van der Waals surface area contributed by atoms with Crippen molar-refractivity contribution < 1.29 is 0 Å². The molecule has 0 saturated carbocycles. The van der Waals surface area contributed by atoms with Crippen LogP contribution in [0.3, 0.4) is 0 Å². The highest BCUT2D eigenvalue weighted by atomic mass is 32.1. The molecule has 17 heavy (non-hydrogen) atoms. The number of aromatic nitrogens is 3. The Kier molecular flexibility index (Phi) is 2.84. The fourth-order valence-electron chi connectivity index (χ4n) is 2.28. The third kappa shape index (κ3) is 1.95. The molecule has 0 bridgehead atoms. The van der Waals surface area contributed by atoms with E-state index < -0.39 is 0 Å². The minimum absolute atomic E-state index is 0.317. The lowest BCUT2D eigenvalue weighted by Crippen LogP contribution is -2.24. The van der Waals surface area contributed by atoms with Crippen LogP contribution in [0.5, 0.6) is 0 Å². The number of fused-ring (bicyclic) bond motifs is 1. The van der Waals surface area contributed by atoms with Crippen LogP contribution in [0.25, 0.3) is 0 Å². The van der Waals surface area contributed by atoms with Crippen LogP contribution >= 0.6 is 11.3 Å². The Bertz CT molecular complexity index is 489. The summed E-state index contributed by atoms with van der Waals surface area (Å²) in [6.45, 7) is 3.19. The van der Waals surface area contributed by atoms with Gasteiger partial charge in [0.25, 0.3) is 0 Å². The van der Waals surface area contributed by atoms with E-state index >= 15 is 0 Å². The number of aryl methyl sites for hydroxylation is 1. The van der Waals surface area contributed by atoms with E-state index in [0.29, 0.717) is 6.04 Å². The van der Waals surface area contributed by atoms with Crippen molar-refractivity contribution in [3.05, 3.63) is 28.3 Å². The highest BCUT2D eigenvalue weighted by Crippen LogP contribution is 2.30. The Labute approximate surface area is 105 Å². The van der Waals surface area contributed by atoms with Gasteiger partial charge in [-0.05, 0) is 12.8 Å². The molecule has 1 aliphatic heterocycles. The van der Waals surface area contributed by atoms with E-state index in [4.69, 9.17) is 5.10 Å². The van der Waals surface area contributed by atoms with Crippen LogP contribution in [0.2, 0.25) is 0 Å². The summed E-state index contributed by atoms with van der Waals surface area (Å²) in [6, 6.07) is 2.49. The molecule has 1 aliphatic rings. The lowest BCUT2D eigenvalue weighted by molar-refractivity contribution is 0.476. The normalized spacial score (nSPS) is 18.8. The second-order valence-corrected chi connectivity index (χ2v) is 5.24. The average molecular weight is 248 g/mol. The van der Waals surface area contributed by atoms with Crippen molar-refractivity contribution in [2.24, 2.45) is 0 Å². The molecule has 2 aromatic heterocycles. The van der Waals surface area contributed by atoms with E-state index in [1.54, 1.807) is 11.3 Å². The molecule has 0 amide bonds. The summed E-state index contributed by atoms with van der Waals surface area (Å²) >= 11 is 1.72. The molecular weight excluding hydrogens is 232 g/mol.